The van der Waals surface area contributed by atoms with Crippen LogP contribution >= 0.6 is 79.5 Å². The van der Waals surface area contributed by atoms with Crippen molar-refractivity contribution < 1.29 is 35.9 Å². The van der Waals surface area contributed by atoms with Crippen molar-refractivity contribution in [1.29, 1.82) is 0 Å². The summed E-state index contributed by atoms with van der Waals surface area (Å²) in [5.41, 5.74) is -0.970. The van der Waals surface area contributed by atoms with Crippen molar-refractivity contribution in [2.45, 2.75) is 33.2 Å². The second-order valence-corrected chi connectivity index (χ2v) is 14.7. The van der Waals surface area contributed by atoms with E-state index in [1.54, 1.807) is 54.6 Å². The molecular formula is C39H34Br2Cl2F6N6O2S2. The van der Waals surface area contributed by atoms with Gasteiger partial charge in [0.1, 0.15) is 0 Å². The Kier molecular flexibility index (Phi) is 19.4. The summed E-state index contributed by atoms with van der Waals surface area (Å²) in [4.78, 5) is 26.5. The Bertz CT molecular complexity index is 2270. The Balaban J connectivity index is 0.000000262. The molecule has 2 amide bonds. The van der Waals surface area contributed by atoms with E-state index in [0.29, 0.717) is 27.5 Å². The molecule has 6 aromatic rings. The fourth-order valence-corrected chi connectivity index (χ4v) is 6.56. The van der Waals surface area contributed by atoms with Crippen LogP contribution in [0.3, 0.4) is 0 Å². The zero-order valence-electron chi connectivity index (χ0n) is 31.0. The Morgan fingerprint density at radius 1 is 0.678 bits per heavy atom. The van der Waals surface area contributed by atoms with Crippen molar-refractivity contribution in [2.24, 2.45) is 14.1 Å². The predicted molar refractivity (Wildman–Crippen MR) is 232 cm³/mol. The highest BCUT2D eigenvalue weighted by molar-refractivity contribution is 9.09. The Morgan fingerprint density at radius 3 is 1.47 bits per heavy atom. The smallest absolute Gasteiger partial charge is 0.322 e. The van der Waals surface area contributed by atoms with E-state index in [1.165, 1.54) is 25.9 Å². The van der Waals surface area contributed by atoms with Crippen LogP contribution in [0.25, 0.3) is 0 Å². The number of alkyl halides is 8. The molecule has 59 heavy (non-hydrogen) atoms. The van der Waals surface area contributed by atoms with Gasteiger partial charge in [-0.05, 0) is 77.6 Å². The number of thiol groups is 1. The van der Waals surface area contributed by atoms with Gasteiger partial charge in [-0.3, -0.25) is 19.0 Å². The molecule has 0 aliphatic carbocycles. The number of anilines is 2. The zero-order valence-corrected chi connectivity index (χ0v) is 37.4. The first-order valence-corrected chi connectivity index (χ1v) is 21.5. The lowest BCUT2D eigenvalue weighted by molar-refractivity contribution is -0.142. The van der Waals surface area contributed by atoms with Gasteiger partial charge < -0.3 is 10.6 Å². The van der Waals surface area contributed by atoms with Gasteiger partial charge >= 0.3 is 12.4 Å². The third-order valence-electron chi connectivity index (χ3n) is 7.39. The molecule has 314 valence electrons. The quantitative estimate of drug-likeness (QED) is 0.0611. The van der Waals surface area contributed by atoms with Gasteiger partial charge in [-0.25, -0.2) is 0 Å². The summed E-state index contributed by atoms with van der Waals surface area (Å²) in [7, 11) is 2.67. The average molecular weight is 1030 g/mol. The number of amides is 2. The van der Waals surface area contributed by atoms with E-state index in [-0.39, 0.29) is 0 Å². The van der Waals surface area contributed by atoms with E-state index in [0.717, 1.165) is 47.7 Å². The molecule has 0 aliphatic heterocycles. The number of hydrogen-bond acceptors (Lipinski definition) is 6. The van der Waals surface area contributed by atoms with Crippen LogP contribution in [-0.2, 0) is 37.5 Å². The SMILES string of the molecule is CBr.Cn1cc(C(=O)Nc2ccccc2CBr)c(C(F)(F)F)n1.Cn1cc(C(=O)Nc2ccccc2CSc2ccc(Cl)cc2)c(C(F)(F)F)n1.Sc1ccc(Cl)cc1. The average Bonchev–Trinajstić information content (AvgIpc) is 3.81. The molecule has 6 rings (SSSR count). The number of thioether (sulfide) groups is 1. The largest absolute Gasteiger partial charge is 0.435 e. The summed E-state index contributed by atoms with van der Waals surface area (Å²) in [6.07, 6.45) is -7.28. The number of aromatic nitrogens is 4. The molecule has 2 N–H and O–H groups in total. The van der Waals surface area contributed by atoms with Gasteiger partial charge in [0.05, 0.1) is 11.1 Å². The molecule has 0 radical (unpaired) electrons. The van der Waals surface area contributed by atoms with Crippen molar-refractivity contribution in [2.75, 3.05) is 16.5 Å². The lowest BCUT2D eigenvalue weighted by atomic mass is 10.1. The maximum Gasteiger partial charge on any atom is 0.435 e. The molecule has 0 unspecified atom stereocenters. The van der Waals surface area contributed by atoms with E-state index in [9.17, 15) is 35.9 Å². The van der Waals surface area contributed by atoms with Crippen LogP contribution in [0.5, 0.6) is 0 Å². The van der Waals surface area contributed by atoms with Gasteiger partial charge in [0.2, 0.25) is 0 Å². The van der Waals surface area contributed by atoms with Crippen LogP contribution in [0.4, 0.5) is 37.7 Å². The summed E-state index contributed by atoms with van der Waals surface area (Å²) in [5, 5.41) is 13.6. The maximum absolute atomic E-state index is 13.1. The third kappa shape index (κ3) is 15.6. The van der Waals surface area contributed by atoms with Crippen LogP contribution < -0.4 is 10.6 Å². The van der Waals surface area contributed by atoms with Crippen LogP contribution in [0.2, 0.25) is 10.0 Å². The molecule has 8 nitrogen and oxygen atoms in total. The molecule has 0 bridgehead atoms. The van der Waals surface area contributed by atoms with Gasteiger partial charge in [-0.1, -0.05) is 91.5 Å². The normalized spacial score (nSPS) is 10.9. The first-order chi connectivity index (χ1) is 27.8. The third-order valence-corrected chi connectivity index (χ3v) is 9.86. The summed E-state index contributed by atoms with van der Waals surface area (Å²) >= 11 is 23.2. The van der Waals surface area contributed by atoms with Crippen molar-refractivity contribution in [3.8, 4) is 0 Å². The number of nitrogens with zero attached hydrogens (tertiary/aromatic N) is 4. The fourth-order valence-electron chi connectivity index (χ4n) is 4.77. The second kappa shape index (κ2) is 23.2. The van der Waals surface area contributed by atoms with Crippen molar-refractivity contribution in [3.05, 3.63) is 153 Å². The highest BCUT2D eigenvalue weighted by Gasteiger charge is 2.40. The Morgan fingerprint density at radius 2 is 1.07 bits per heavy atom. The number of hydrogen-bond donors (Lipinski definition) is 3. The number of rotatable bonds is 8. The highest BCUT2D eigenvalue weighted by atomic mass is 79.9. The minimum absolute atomic E-state index is 0.450. The summed E-state index contributed by atoms with van der Waals surface area (Å²) in [5.74, 6) is 0.637. The van der Waals surface area contributed by atoms with Crippen LogP contribution in [0.1, 0.15) is 43.2 Å². The zero-order chi connectivity index (χ0) is 43.9. The topological polar surface area (TPSA) is 93.8 Å². The number of benzene rings is 4. The molecule has 20 heteroatoms. The van der Waals surface area contributed by atoms with E-state index >= 15 is 0 Å². The molecule has 0 atom stereocenters. The molecule has 2 aromatic heterocycles. The number of halogens is 10. The van der Waals surface area contributed by atoms with Crippen molar-refractivity contribution >= 4 is 103 Å². The number of nitrogens with one attached hydrogen (secondary N) is 2. The minimum atomic E-state index is -4.71. The lowest BCUT2D eigenvalue weighted by Gasteiger charge is -2.12. The summed E-state index contributed by atoms with van der Waals surface area (Å²) in [6.45, 7) is 0. The van der Waals surface area contributed by atoms with E-state index in [4.69, 9.17) is 23.2 Å². The maximum atomic E-state index is 13.1. The van der Waals surface area contributed by atoms with Gasteiger partial charge in [-0.2, -0.15) is 36.5 Å². The van der Waals surface area contributed by atoms with Gasteiger partial charge in [0.25, 0.3) is 11.8 Å². The van der Waals surface area contributed by atoms with Crippen LogP contribution in [0, 0.1) is 0 Å². The highest BCUT2D eigenvalue weighted by Crippen LogP contribution is 2.33. The van der Waals surface area contributed by atoms with Crippen LogP contribution in [-0.4, -0.2) is 37.2 Å². The van der Waals surface area contributed by atoms with Crippen molar-refractivity contribution in [1.82, 2.24) is 19.6 Å². The van der Waals surface area contributed by atoms with E-state index < -0.39 is 46.7 Å². The molecule has 0 spiro atoms. The Labute approximate surface area is 372 Å². The molecule has 0 aliphatic rings. The first kappa shape index (κ1) is 49.4. The number of carbonyl (C=O) groups is 2. The molecule has 4 aromatic carbocycles. The second-order valence-electron chi connectivity index (χ2n) is 11.7. The number of para-hydroxylation sites is 2. The molecule has 2 heterocycles. The van der Waals surface area contributed by atoms with E-state index in [2.05, 4.69) is 65.3 Å². The molecule has 0 fully saturated rings. The summed E-state index contributed by atoms with van der Waals surface area (Å²) < 4.78 is 79.8. The van der Waals surface area contributed by atoms with Crippen LogP contribution in [0.15, 0.2) is 119 Å². The minimum Gasteiger partial charge on any atom is -0.322 e. The standard InChI is InChI=1S/C19H15ClF3N3OS.C13H11BrF3N3O.C6H5ClS.CH3Br/c1-26-10-15(17(25-26)19(21,22)23)18(27)24-16-5-3-2-4-12(16)11-28-14-8-6-13(20)7-9-14;1-20-7-9(11(19-20)13(15,16)17)12(21)18-10-5-3-2-4-8(10)6-14;7-5-1-3-6(8)4-2-5;1-2/h2-10H,11H2,1H3,(H,24,27);2-5,7H,6H2,1H3,(H,18,21);1-4,8H;1H3. The first-order valence-electron chi connectivity index (χ1n) is 16.6. The molecular weight excluding hydrogens is 993 g/mol. The molecule has 0 saturated carbocycles. The summed E-state index contributed by atoms with van der Waals surface area (Å²) in [6, 6.07) is 28.5. The lowest BCUT2D eigenvalue weighted by Crippen LogP contribution is -2.18. The number of carbonyl (C=O) groups excluding carboxylic acids is 2. The predicted octanol–water partition coefficient (Wildman–Crippen LogP) is 12.9. The fraction of sp³-hybridized carbons (Fsp3) is 0.179. The van der Waals surface area contributed by atoms with Gasteiger partial charge in [0, 0.05) is 68.8 Å². The van der Waals surface area contributed by atoms with Gasteiger partial charge in [-0.15, -0.1) is 24.4 Å². The Hall–Kier alpha value is -3.94. The molecule has 0 saturated heterocycles. The van der Waals surface area contributed by atoms with Crippen molar-refractivity contribution in [3.63, 3.8) is 0 Å². The monoisotopic (exact) mass is 1020 g/mol. The van der Waals surface area contributed by atoms with E-state index in [1.807, 2.05) is 48.3 Å². The number of aryl methyl sites for hydroxylation is 2. The van der Waals surface area contributed by atoms with Gasteiger partial charge in [0.15, 0.2) is 11.4 Å².